The maximum atomic E-state index is 13.5. The lowest BCUT2D eigenvalue weighted by atomic mass is 10.1. The molecule has 98 valence electrons. The highest BCUT2D eigenvalue weighted by atomic mass is 19.2. The minimum atomic E-state index is -1.14. The lowest BCUT2D eigenvalue weighted by molar-refractivity contribution is 0.0698. The van der Waals surface area contributed by atoms with E-state index in [1.54, 1.807) is 19.1 Å². The van der Waals surface area contributed by atoms with E-state index in [1.807, 2.05) is 0 Å². The Balaban J connectivity index is 2.45. The molecule has 0 aliphatic carbocycles. The van der Waals surface area contributed by atoms with Crippen LogP contribution in [0.5, 0.6) is 0 Å². The number of carboxylic acids is 1. The molecule has 0 amide bonds. The molecule has 0 radical (unpaired) electrons. The molecular weight excluding hydrogens is 252 g/mol. The Kier molecular flexibility index (Phi) is 3.46. The second-order valence-electron chi connectivity index (χ2n) is 4.08. The summed E-state index contributed by atoms with van der Waals surface area (Å²) in [7, 11) is 0. The summed E-state index contributed by atoms with van der Waals surface area (Å²) in [5.41, 5.74) is 0.920. The monoisotopic (exact) mass is 263 g/mol. The molecule has 0 aromatic heterocycles. The Morgan fingerprint density at radius 1 is 1.16 bits per heavy atom. The van der Waals surface area contributed by atoms with Gasteiger partial charge < -0.3 is 10.4 Å². The molecule has 2 N–H and O–H groups in total. The molecule has 0 bridgehead atoms. The van der Waals surface area contributed by atoms with E-state index in [0.717, 1.165) is 11.6 Å². The summed E-state index contributed by atoms with van der Waals surface area (Å²) in [6.45, 7) is 1.78. The van der Waals surface area contributed by atoms with Crippen molar-refractivity contribution in [3.63, 3.8) is 0 Å². The van der Waals surface area contributed by atoms with Crippen LogP contribution < -0.4 is 5.32 Å². The Bertz CT molecular complexity index is 641. The lowest BCUT2D eigenvalue weighted by Crippen LogP contribution is -2.04. The fourth-order valence-corrected chi connectivity index (χ4v) is 1.69. The van der Waals surface area contributed by atoms with Crippen molar-refractivity contribution in [2.45, 2.75) is 6.92 Å². The van der Waals surface area contributed by atoms with Crippen LogP contribution in [0.2, 0.25) is 0 Å². The zero-order valence-corrected chi connectivity index (χ0v) is 10.1. The number of benzene rings is 2. The topological polar surface area (TPSA) is 49.3 Å². The van der Waals surface area contributed by atoms with Crippen LogP contribution in [-0.2, 0) is 0 Å². The van der Waals surface area contributed by atoms with Gasteiger partial charge in [-0.1, -0.05) is 12.1 Å². The van der Waals surface area contributed by atoms with Crippen LogP contribution in [0.25, 0.3) is 0 Å². The third kappa shape index (κ3) is 2.70. The van der Waals surface area contributed by atoms with Gasteiger partial charge in [-0.3, -0.25) is 0 Å². The first kappa shape index (κ1) is 13.0. The standard InChI is InChI=1S/C14H11F2NO2/c1-8-5-6-9(14(18)19)12(7-8)17-11-4-2-3-10(15)13(11)16/h2-7,17H,1H3,(H,18,19). The third-order valence-corrected chi connectivity index (χ3v) is 2.63. The summed E-state index contributed by atoms with van der Waals surface area (Å²) < 4.78 is 26.6. The fourth-order valence-electron chi connectivity index (χ4n) is 1.69. The van der Waals surface area contributed by atoms with Crippen molar-refractivity contribution in [1.82, 2.24) is 0 Å². The van der Waals surface area contributed by atoms with Gasteiger partial charge in [0.25, 0.3) is 0 Å². The van der Waals surface area contributed by atoms with Crippen LogP contribution in [0.1, 0.15) is 15.9 Å². The van der Waals surface area contributed by atoms with E-state index in [0.29, 0.717) is 0 Å². The summed E-state index contributed by atoms with van der Waals surface area (Å²) in [5, 5.41) is 11.7. The maximum absolute atomic E-state index is 13.5. The predicted octanol–water partition coefficient (Wildman–Crippen LogP) is 3.72. The molecule has 0 spiro atoms. The minimum absolute atomic E-state index is 0.00531. The quantitative estimate of drug-likeness (QED) is 0.887. The molecule has 0 saturated heterocycles. The molecule has 2 aromatic rings. The summed E-state index contributed by atoms with van der Waals surface area (Å²) in [6, 6.07) is 8.29. The predicted molar refractivity (Wildman–Crippen MR) is 67.8 cm³/mol. The summed E-state index contributed by atoms with van der Waals surface area (Å²) in [6.07, 6.45) is 0. The molecule has 0 saturated carbocycles. The zero-order valence-electron chi connectivity index (χ0n) is 10.1. The van der Waals surface area contributed by atoms with Crippen molar-refractivity contribution in [3.05, 3.63) is 59.2 Å². The number of aryl methyl sites for hydroxylation is 1. The van der Waals surface area contributed by atoms with Gasteiger partial charge in [-0.2, -0.15) is 0 Å². The van der Waals surface area contributed by atoms with Crippen molar-refractivity contribution in [3.8, 4) is 0 Å². The van der Waals surface area contributed by atoms with Crippen molar-refractivity contribution in [2.24, 2.45) is 0 Å². The Hall–Kier alpha value is -2.43. The van der Waals surface area contributed by atoms with Gasteiger partial charge >= 0.3 is 5.97 Å². The van der Waals surface area contributed by atoms with Gasteiger partial charge in [0, 0.05) is 0 Å². The molecule has 0 atom stereocenters. The number of rotatable bonds is 3. The molecular formula is C14H11F2NO2. The summed E-state index contributed by atoms with van der Waals surface area (Å²) in [5.74, 6) is -3.17. The zero-order chi connectivity index (χ0) is 14.0. The Morgan fingerprint density at radius 3 is 2.58 bits per heavy atom. The summed E-state index contributed by atoms with van der Waals surface area (Å²) >= 11 is 0. The molecule has 0 fully saturated rings. The number of hydrogen-bond donors (Lipinski definition) is 2. The van der Waals surface area contributed by atoms with E-state index < -0.39 is 17.6 Å². The van der Waals surface area contributed by atoms with Gasteiger partial charge in [-0.05, 0) is 36.8 Å². The first-order valence-electron chi connectivity index (χ1n) is 5.54. The van der Waals surface area contributed by atoms with E-state index >= 15 is 0 Å². The van der Waals surface area contributed by atoms with Crippen LogP contribution in [0.15, 0.2) is 36.4 Å². The number of carbonyl (C=O) groups is 1. The highest BCUT2D eigenvalue weighted by molar-refractivity contribution is 5.95. The SMILES string of the molecule is Cc1ccc(C(=O)O)c(Nc2cccc(F)c2F)c1. The molecule has 3 nitrogen and oxygen atoms in total. The van der Waals surface area contributed by atoms with Gasteiger partial charge in [0.05, 0.1) is 16.9 Å². The van der Waals surface area contributed by atoms with Gasteiger partial charge in [-0.15, -0.1) is 0 Å². The van der Waals surface area contributed by atoms with Crippen molar-refractivity contribution >= 4 is 17.3 Å². The molecule has 0 heterocycles. The van der Waals surface area contributed by atoms with Crippen molar-refractivity contribution in [1.29, 1.82) is 0 Å². The molecule has 2 aromatic carbocycles. The third-order valence-electron chi connectivity index (χ3n) is 2.63. The number of nitrogens with one attached hydrogen (secondary N) is 1. The second kappa shape index (κ2) is 5.06. The first-order valence-corrected chi connectivity index (χ1v) is 5.54. The smallest absolute Gasteiger partial charge is 0.337 e. The van der Waals surface area contributed by atoms with E-state index in [1.165, 1.54) is 18.2 Å². The Morgan fingerprint density at radius 2 is 1.89 bits per heavy atom. The van der Waals surface area contributed by atoms with Crippen LogP contribution in [0.3, 0.4) is 0 Å². The van der Waals surface area contributed by atoms with Gasteiger partial charge in [0.2, 0.25) is 0 Å². The molecule has 2 rings (SSSR count). The van der Waals surface area contributed by atoms with Crippen molar-refractivity contribution in [2.75, 3.05) is 5.32 Å². The second-order valence-corrected chi connectivity index (χ2v) is 4.08. The van der Waals surface area contributed by atoms with E-state index in [-0.39, 0.29) is 16.9 Å². The van der Waals surface area contributed by atoms with Crippen LogP contribution in [0, 0.1) is 18.6 Å². The normalized spacial score (nSPS) is 10.3. The van der Waals surface area contributed by atoms with Gasteiger partial charge in [0.1, 0.15) is 0 Å². The van der Waals surface area contributed by atoms with E-state index in [4.69, 9.17) is 5.11 Å². The first-order chi connectivity index (χ1) is 8.99. The van der Waals surface area contributed by atoms with Gasteiger partial charge in [0.15, 0.2) is 11.6 Å². The maximum Gasteiger partial charge on any atom is 0.337 e. The molecule has 0 aliphatic rings. The van der Waals surface area contributed by atoms with E-state index in [2.05, 4.69) is 5.32 Å². The average Bonchev–Trinajstić information content (AvgIpc) is 2.35. The molecule has 5 heteroatoms. The number of hydrogen-bond acceptors (Lipinski definition) is 2. The Labute approximate surface area is 108 Å². The largest absolute Gasteiger partial charge is 0.478 e. The fraction of sp³-hybridized carbons (Fsp3) is 0.0714. The number of anilines is 2. The van der Waals surface area contributed by atoms with Crippen LogP contribution >= 0.6 is 0 Å². The highest BCUT2D eigenvalue weighted by Gasteiger charge is 2.13. The van der Waals surface area contributed by atoms with Crippen LogP contribution in [0.4, 0.5) is 20.2 Å². The van der Waals surface area contributed by atoms with E-state index in [9.17, 15) is 13.6 Å². The number of carboxylic acid groups (broad SMARTS) is 1. The summed E-state index contributed by atoms with van der Waals surface area (Å²) in [4.78, 5) is 11.1. The molecule has 0 unspecified atom stereocenters. The molecule has 0 aliphatic heterocycles. The lowest BCUT2D eigenvalue weighted by Gasteiger charge is -2.11. The number of aromatic carboxylic acids is 1. The minimum Gasteiger partial charge on any atom is -0.478 e. The number of halogens is 2. The molecule has 19 heavy (non-hydrogen) atoms. The van der Waals surface area contributed by atoms with Crippen LogP contribution in [-0.4, -0.2) is 11.1 Å². The highest BCUT2D eigenvalue weighted by Crippen LogP contribution is 2.25. The average molecular weight is 263 g/mol. The van der Waals surface area contributed by atoms with Gasteiger partial charge in [-0.25, -0.2) is 13.6 Å². The van der Waals surface area contributed by atoms with Crippen molar-refractivity contribution < 1.29 is 18.7 Å².